The van der Waals surface area contributed by atoms with E-state index in [1.807, 2.05) is 42.6 Å². The molecule has 0 saturated carbocycles. The third-order valence-electron chi connectivity index (χ3n) is 4.19. The summed E-state index contributed by atoms with van der Waals surface area (Å²) in [5.74, 6) is 0. The van der Waals surface area contributed by atoms with Crippen molar-refractivity contribution < 1.29 is 8.42 Å². The van der Waals surface area contributed by atoms with E-state index in [9.17, 15) is 8.42 Å². The second kappa shape index (κ2) is 8.00. The molecule has 1 aromatic carbocycles. The quantitative estimate of drug-likeness (QED) is 0.598. The molecule has 0 aliphatic rings. The first-order chi connectivity index (χ1) is 12.4. The van der Waals surface area contributed by atoms with Crippen molar-refractivity contribution in [2.75, 3.05) is 0 Å². The van der Waals surface area contributed by atoms with Gasteiger partial charge in [-0.15, -0.1) is 22.7 Å². The highest BCUT2D eigenvalue weighted by Gasteiger charge is 2.21. The number of benzene rings is 1. The van der Waals surface area contributed by atoms with E-state index in [0.29, 0.717) is 4.21 Å². The Balaban J connectivity index is 1.77. The summed E-state index contributed by atoms with van der Waals surface area (Å²) in [6.45, 7) is 6.02. The molecule has 3 rings (SSSR count). The highest BCUT2D eigenvalue weighted by atomic mass is 32.2. The number of sulfonamides is 1. The van der Waals surface area contributed by atoms with Crippen LogP contribution in [0.1, 0.15) is 43.6 Å². The average molecular weight is 407 g/mol. The van der Waals surface area contributed by atoms with Crippen molar-refractivity contribution in [3.8, 4) is 9.88 Å². The van der Waals surface area contributed by atoms with E-state index in [2.05, 4.69) is 23.6 Å². The third-order valence-corrected chi connectivity index (χ3v) is 8.37. The van der Waals surface area contributed by atoms with Crippen molar-refractivity contribution in [2.24, 2.45) is 0 Å². The summed E-state index contributed by atoms with van der Waals surface area (Å²) >= 11 is 2.81. The molecule has 7 heteroatoms. The Hall–Kier alpha value is -1.54. The zero-order valence-electron chi connectivity index (χ0n) is 15.0. The van der Waals surface area contributed by atoms with Gasteiger partial charge in [-0.1, -0.05) is 38.1 Å². The molecule has 138 valence electrons. The van der Waals surface area contributed by atoms with Crippen LogP contribution in [0.2, 0.25) is 0 Å². The van der Waals surface area contributed by atoms with Gasteiger partial charge in [-0.25, -0.2) is 18.1 Å². The molecule has 2 heterocycles. The predicted molar refractivity (Wildman–Crippen MR) is 109 cm³/mol. The van der Waals surface area contributed by atoms with Gasteiger partial charge in [-0.3, -0.25) is 0 Å². The third kappa shape index (κ3) is 4.23. The Labute approximate surface area is 163 Å². The number of hydrogen-bond acceptors (Lipinski definition) is 5. The van der Waals surface area contributed by atoms with Crippen LogP contribution in [0.25, 0.3) is 9.88 Å². The largest absolute Gasteiger partial charge is 0.250 e. The van der Waals surface area contributed by atoms with Crippen LogP contribution in [0.15, 0.2) is 46.0 Å². The molecular formula is C19H22N2O2S3. The zero-order chi connectivity index (χ0) is 18.7. The van der Waals surface area contributed by atoms with Gasteiger partial charge < -0.3 is 0 Å². The standard InChI is InChI=1S/C19H22N2O2S3/c1-4-14-6-8-15(9-7-14)13(3)21-26(22,23)18-11-10-17(25-18)19-20-16(5-2)12-24-19/h6-13,21H,4-5H2,1-3H3/t13-/m1/s1. The number of nitrogens with one attached hydrogen (secondary N) is 1. The van der Waals surface area contributed by atoms with Gasteiger partial charge >= 0.3 is 0 Å². The molecule has 1 N–H and O–H groups in total. The summed E-state index contributed by atoms with van der Waals surface area (Å²) in [5, 5.41) is 2.89. The normalized spacial score (nSPS) is 13.0. The van der Waals surface area contributed by atoms with Gasteiger partial charge in [0, 0.05) is 11.4 Å². The van der Waals surface area contributed by atoms with Crippen LogP contribution >= 0.6 is 22.7 Å². The van der Waals surface area contributed by atoms with Crippen molar-refractivity contribution in [1.29, 1.82) is 0 Å². The molecular weight excluding hydrogens is 384 g/mol. The minimum absolute atomic E-state index is 0.289. The Bertz CT molecular complexity index is 972. The van der Waals surface area contributed by atoms with Crippen LogP contribution < -0.4 is 4.72 Å². The van der Waals surface area contributed by atoms with Crippen molar-refractivity contribution in [3.63, 3.8) is 0 Å². The fourth-order valence-electron chi connectivity index (χ4n) is 2.56. The summed E-state index contributed by atoms with van der Waals surface area (Å²) < 4.78 is 28.5. The number of hydrogen-bond donors (Lipinski definition) is 1. The smallest absolute Gasteiger partial charge is 0.240 e. The van der Waals surface area contributed by atoms with E-state index in [4.69, 9.17) is 0 Å². The highest BCUT2D eigenvalue weighted by Crippen LogP contribution is 2.33. The summed E-state index contributed by atoms with van der Waals surface area (Å²) in [6, 6.07) is 11.2. The van der Waals surface area contributed by atoms with Gasteiger partial charge in [0.15, 0.2) is 0 Å². The van der Waals surface area contributed by atoms with Gasteiger partial charge in [0.1, 0.15) is 9.22 Å². The minimum atomic E-state index is -3.56. The van der Waals surface area contributed by atoms with Gasteiger partial charge in [0.2, 0.25) is 0 Å². The molecule has 0 spiro atoms. The highest BCUT2D eigenvalue weighted by molar-refractivity contribution is 7.91. The second-order valence-corrected chi connectivity index (χ2v) is 9.94. The number of aromatic nitrogens is 1. The van der Waals surface area contributed by atoms with E-state index < -0.39 is 10.0 Å². The van der Waals surface area contributed by atoms with Crippen LogP contribution in [0.4, 0.5) is 0 Å². The maximum absolute atomic E-state index is 12.7. The summed E-state index contributed by atoms with van der Waals surface area (Å²) in [4.78, 5) is 5.42. The fourth-order valence-corrected chi connectivity index (χ4v) is 6.09. The first kappa shape index (κ1) is 19.2. The molecule has 0 bridgehead atoms. The minimum Gasteiger partial charge on any atom is -0.240 e. The van der Waals surface area contributed by atoms with Crippen LogP contribution in [-0.4, -0.2) is 13.4 Å². The topological polar surface area (TPSA) is 59.1 Å². The van der Waals surface area contributed by atoms with E-state index in [1.165, 1.54) is 16.9 Å². The lowest BCUT2D eigenvalue weighted by Gasteiger charge is -2.14. The van der Waals surface area contributed by atoms with E-state index in [0.717, 1.165) is 34.0 Å². The molecule has 0 saturated heterocycles. The maximum atomic E-state index is 12.7. The first-order valence-electron chi connectivity index (χ1n) is 8.58. The molecule has 1 atom stereocenters. The van der Waals surface area contributed by atoms with Gasteiger partial charge in [-0.2, -0.15) is 0 Å². The molecule has 0 amide bonds. The van der Waals surface area contributed by atoms with E-state index in [-0.39, 0.29) is 6.04 Å². The van der Waals surface area contributed by atoms with Crippen LogP contribution in [-0.2, 0) is 22.9 Å². The number of thiophene rings is 1. The molecule has 0 radical (unpaired) electrons. The van der Waals surface area contributed by atoms with E-state index >= 15 is 0 Å². The van der Waals surface area contributed by atoms with Crippen molar-refractivity contribution in [3.05, 3.63) is 58.6 Å². The van der Waals surface area contributed by atoms with Crippen molar-refractivity contribution >= 4 is 32.7 Å². The monoisotopic (exact) mass is 406 g/mol. The zero-order valence-corrected chi connectivity index (χ0v) is 17.5. The Morgan fingerprint density at radius 2 is 1.81 bits per heavy atom. The van der Waals surface area contributed by atoms with Gasteiger partial charge in [0.05, 0.1) is 10.6 Å². The lowest BCUT2D eigenvalue weighted by Crippen LogP contribution is -2.26. The molecule has 0 unspecified atom stereocenters. The van der Waals surface area contributed by atoms with Crippen molar-refractivity contribution in [1.82, 2.24) is 9.71 Å². The van der Waals surface area contributed by atoms with Crippen LogP contribution in [0.3, 0.4) is 0 Å². The number of aryl methyl sites for hydroxylation is 2. The second-order valence-electron chi connectivity index (χ2n) is 6.05. The summed E-state index contributed by atoms with van der Waals surface area (Å²) in [7, 11) is -3.56. The number of nitrogens with zero attached hydrogens (tertiary/aromatic N) is 1. The molecule has 0 aliphatic carbocycles. The predicted octanol–water partition coefficient (Wildman–Crippen LogP) is 5.04. The fraction of sp³-hybridized carbons (Fsp3) is 0.316. The van der Waals surface area contributed by atoms with Gasteiger partial charge in [0.25, 0.3) is 10.0 Å². The Morgan fingerprint density at radius 3 is 2.42 bits per heavy atom. The molecule has 0 aliphatic heterocycles. The molecule has 3 aromatic rings. The van der Waals surface area contributed by atoms with Crippen LogP contribution in [0, 0.1) is 0 Å². The van der Waals surface area contributed by atoms with Gasteiger partial charge in [-0.05, 0) is 43.0 Å². The lowest BCUT2D eigenvalue weighted by atomic mass is 10.1. The average Bonchev–Trinajstić information content (AvgIpc) is 3.30. The van der Waals surface area contributed by atoms with Crippen LogP contribution in [0.5, 0.6) is 0 Å². The summed E-state index contributed by atoms with van der Waals surface area (Å²) in [6.07, 6.45) is 1.85. The molecule has 4 nitrogen and oxygen atoms in total. The molecule has 26 heavy (non-hydrogen) atoms. The SMILES string of the molecule is CCc1ccc([C@@H](C)NS(=O)(=O)c2ccc(-c3nc(CC)cs3)s2)cc1. The first-order valence-corrected chi connectivity index (χ1v) is 11.8. The molecule has 2 aromatic heterocycles. The van der Waals surface area contributed by atoms with E-state index in [1.54, 1.807) is 17.4 Å². The number of thiazole rings is 1. The van der Waals surface area contributed by atoms with Crippen molar-refractivity contribution in [2.45, 2.75) is 43.9 Å². The lowest BCUT2D eigenvalue weighted by molar-refractivity contribution is 0.569. The Morgan fingerprint density at radius 1 is 1.08 bits per heavy atom. The summed E-state index contributed by atoms with van der Waals surface area (Å²) in [5.41, 5.74) is 3.22. The Kier molecular flexibility index (Phi) is 5.92. The maximum Gasteiger partial charge on any atom is 0.250 e. The molecule has 0 fully saturated rings. The number of rotatable bonds is 7.